The van der Waals surface area contributed by atoms with Crippen molar-refractivity contribution in [3.63, 3.8) is 0 Å². The molecule has 0 fully saturated rings. The van der Waals surface area contributed by atoms with Gasteiger partial charge < -0.3 is 10.2 Å². The Labute approximate surface area is 121 Å². The second-order valence-electron chi connectivity index (χ2n) is 5.98. The number of hydrogen-bond acceptors (Lipinski definition) is 2. The number of rotatable bonds is 4. The Morgan fingerprint density at radius 1 is 1.20 bits per heavy atom. The molecule has 4 nitrogen and oxygen atoms in total. The first-order chi connectivity index (χ1) is 9.21. The minimum absolute atomic E-state index is 0.0718. The third-order valence-corrected chi connectivity index (χ3v) is 3.17. The summed E-state index contributed by atoms with van der Waals surface area (Å²) in [6.07, 6.45) is 0. The monoisotopic (exact) mass is 276 g/mol. The zero-order valence-corrected chi connectivity index (χ0v) is 12.9. The van der Waals surface area contributed by atoms with Gasteiger partial charge in [0.1, 0.15) is 6.54 Å². The second-order valence-corrected chi connectivity index (χ2v) is 5.98. The largest absolute Gasteiger partial charge is 0.348 e. The molecule has 1 aromatic rings. The van der Waals surface area contributed by atoms with Crippen molar-refractivity contribution >= 4 is 11.8 Å². The van der Waals surface area contributed by atoms with Gasteiger partial charge in [0.05, 0.1) is 6.04 Å². The molecular weight excluding hydrogens is 252 g/mol. The lowest BCUT2D eigenvalue weighted by atomic mass is 10.1. The standard InChI is InChI=1S/C16H24N2O2/c1-12(14-9-7-6-8-10-14)17-15(20)11-18(13(2)19)16(3,4)5/h6-10,12H,11H2,1-5H3,(H,17,20). The molecule has 0 aliphatic heterocycles. The Bertz CT molecular complexity index is 463. The SMILES string of the molecule is CC(=O)N(CC(=O)NC(C)c1ccccc1)C(C)(C)C. The molecule has 0 heterocycles. The third-order valence-electron chi connectivity index (χ3n) is 3.17. The van der Waals surface area contributed by atoms with Crippen molar-refractivity contribution in [3.05, 3.63) is 35.9 Å². The fraction of sp³-hybridized carbons (Fsp3) is 0.500. The minimum Gasteiger partial charge on any atom is -0.348 e. The van der Waals surface area contributed by atoms with Gasteiger partial charge in [0.25, 0.3) is 0 Å². The molecule has 1 unspecified atom stereocenters. The van der Waals surface area contributed by atoms with Crippen LogP contribution < -0.4 is 5.32 Å². The van der Waals surface area contributed by atoms with E-state index in [-0.39, 0.29) is 29.9 Å². The lowest BCUT2D eigenvalue weighted by Gasteiger charge is -2.34. The molecule has 1 rings (SSSR count). The summed E-state index contributed by atoms with van der Waals surface area (Å²) in [6.45, 7) is 9.25. The lowest BCUT2D eigenvalue weighted by molar-refractivity contribution is -0.139. The van der Waals surface area contributed by atoms with E-state index in [1.54, 1.807) is 4.90 Å². The van der Waals surface area contributed by atoms with E-state index < -0.39 is 0 Å². The molecule has 0 radical (unpaired) electrons. The van der Waals surface area contributed by atoms with E-state index in [4.69, 9.17) is 0 Å². The summed E-state index contributed by atoms with van der Waals surface area (Å²) in [4.78, 5) is 25.3. The summed E-state index contributed by atoms with van der Waals surface area (Å²) in [5.41, 5.74) is 0.685. The third kappa shape index (κ3) is 4.68. The first kappa shape index (κ1) is 16.2. The lowest BCUT2D eigenvalue weighted by Crippen LogP contribution is -2.49. The number of benzene rings is 1. The summed E-state index contributed by atoms with van der Waals surface area (Å²) < 4.78 is 0. The van der Waals surface area contributed by atoms with Crippen LogP contribution in [-0.2, 0) is 9.59 Å². The van der Waals surface area contributed by atoms with Crippen LogP contribution in [0, 0.1) is 0 Å². The Kier molecular flexibility index (Phi) is 5.31. The fourth-order valence-electron chi connectivity index (χ4n) is 2.08. The average molecular weight is 276 g/mol. The molecule has 110 valence electrons. The summed E-state index contributed by atoms with van der Waals surface area (Å²) in [7, 11) is 0. The molecule has 0 aromatic heterocycles. The van der Waals surface area contributed by atoms with Gasteiger partial charge in [0, 0.05) is 12.5 Å². The highest BCUT2D eigenvalue weighted by molar-refractivity contribution is 5.84. The predicted molar refractivity (Wildman–Crippen MR) is 80.1 cm³/mol. The van der Waals surface area contributed by atoms with Gasteiger partial charge in [-0.05, 0) is 33.3 Å². The molecule has 1 atom stereocenters. The van der Waals surface area contributed by atoms with Gasteiger partial charge in [-0.25, -0.2) is 0 Å². The minimum atomic E-state index is -0.362. The number of nitrogens with one attached hydrogen (secondary N) is 1. The molecular formula is C16H24N2O2. The van der Waals surface area contributed by atoms with Crippen LogP contribution in [0.25, 0.3) is 0 Å². The van der Waals surface area contributed by atoms with Crippen LogP contribution >= 0.6 is 0 Å². The van der Waals surface area contributed by atoms with Crippen LogP contribution in [0.2, 0.25) is 0 Å². The van der Waals surface area contributed by atoms with Crippen LogP contribution in [0.5, 0.6) is 0 Å². The Balaban J connectivity index is 2.65. The predicted octanol–water partition coefficient (Wildman–Crippen LogP) is 2.51. The quantitative estimate of drug-likeness (QED) is 0.918. The zero-order chi connectivity index (χ0) is 15.3. The van der Waals surface area contributed by atoms with E-state index in [1.165, 1.54) is 6.92 Å². The second kappa shape index (κ2) is 6.55. The summed E-state index contributed by atoms with van der Waals surface area (Å²) in [5.74, 6) is -0.244. The number of carbonyl (C=O) groups excluding carboxylic acids is 2. The maximum atomic E-state index is 12.1. The van der Waals surface area contributed by atoms with E-state index >= 15 is 0 Å². The van der Waals surface area contributed by atoms with Crippen molar-refractivity contribution in [1.82, 2.24) is 10.2 Å². The van der Waals surface area contributed by atoms with Crippen molar-refractivity contribution in [2.24, 2.45) is 0 Å². The van der Waals surface area contributed by atoms with E-state index in [9.17, 15) is 9.59 Å². The molecule has 20 heavy (non-hydrogen) atoms. The molecule has 0 spiro atoms. The molecule has 0 bridgehead atoms. The molecule has 1 N–H and O–H groups in total. The normalized spacial score (nSPS) is 12.7. The number of hydrogen-bond donors (Lipinski definition) is 1. The van der Waals surface area contributed by atoms with E-state index in [2.05, 4.69) is 5.32 Å². The number of carbonyl (C=O) groups is 2. The molecule has 1 aromatic carbocycles. The molecule has 0 aliphatic rings. The van der Waals surface area contributed by atoms with E-state index in [0.717, 1.165) is 5.56 Å². The highest BCUT2D eigenvalue weighted by Gasteiger charge is 2.26. The number of amides is 2. The maximum Gasteiger partial charge on any atom is 0.240 e. The smallest absolute Gasteiger partial charge is 0.240 e. The van der Waals surface area contributed by atoms with Crippen LogP contribution in [0.15, 0.2) is 30.3 Å². The van der Waals surface area contributed by atoms with Gasteiger partial charge in [-0.3, -0.25) is 9.59 Å². The van der Waals surface area contributed by atoms with Crippen molar-refractivity contribution in [3.8, 4) is 0 Å². The first-order valence-corrected chi connectivity index (χ1v) is 6.84. The van der Waals surface area contributed by atoms with Gasteiger partial charge in [0.2, 0.25) is 11.8 Å². The Hall–Kier alpha value is -1.84. The van der Waals surface area contributed by atoms with Gasteiger partial charge >= 0.3 is 0 Å². The summed E-state index contributed by atoms with van der Waals surface area (Å²) >= 11 is 0. The Morgan fingerprint density at radius 2 is 1.75 bits per heavy atom. The molecule has 4 heteroatoms. The van der Waals surface area contributed by atoms with Gasteiger partial charge in [-0.15, -0.1) is 0 Å². The molecule has 2 amide bonds. The molecule has 0 aliphatic carbocycles. The van der Waals surface area contributed by atoms with Gasteiger partial charge in [0.15, 0.2) is 0 Å². The van der Waals surface area contributed by atoms with Crippen LogP contribution in [0.1, 0.15) is 46.2 Å². The maximum absolute atomic E-state index is 12.1. The van der Waals surface area contributed by atoms with Crippen LogP contribution in [-0.4, -0.2) is 28.8 Å². The van der Waals surface area contributed by atoms with Crippen molar-refractivity contribution in [1.29, 1.82) is 0 Å². The topological polar surface area (TPSA) is 49.4 Å². The average Bonchev–Trinajstić information content (AvgIpc) is 2.35. The van der Waals surface area contributed by atoms with Crippen molar-refractivity contribution in [2.45, 2.75) is 46.2 Å². The van der Waals surface area contributed by atoms with Crippen molar-refractivity contribution < 1.29 is 9.59 Å². The van der Waals surface area contributed by atoms with E-state index in [1.807, 2.05) is 58.0 Å². The van der Waals surface area contributed by atoms with E-state index in [0.29, 0.717) is 0 Å². The fourth-order valence-corrected chi connectivity index (χ4v) is 2.08. The zero-order valence-electron chi connectivity index (χ0n) is 12.9. The molecule has 0 saturated carbocycles. The van der Waals surface area contributed by atoms with Crippen LogP contribution in [0.4, 0.5) is 0 Å². The van der Waals surface area contributed by atoms with Crippen LogP contribution in [0.3, 0.4) is 0 Å². The van der Waals surface area contributed by atoms with Gasteiger partial charge in [-0.2, -0.15) is 0 Å². The highest BCUT2D eigenvalue weighted by atomic mass is 16.2. The van der Waals surface area contributed by atoms with Crippen molar-refractivity contribution in [2.75, 3.05) is 6.54 Å². The number of nitrogens with zero attached hydrogens (tertiary/aromatic N) is 1. The Morgan fingerprint density at radius 3 is 2.20 bits per heavy atom. The highest BCUT2D eigenvalue weighted by Crippen LogP contribution is 2.14. The molecule has 0 saturated heterocycles. The van der Waals surface area contributed by atoms with Gasteiger partial charge in [-0.1, -0.05) is 30.3 Å². The summed E-state index contributed by atoms with van der Waals surface area (Å²) in [6, 6.07) is 9.69. The summed E-state index contributed by atoms with van der Waals surface area (Å²) in [5, 5.41) is 2.92. The first-order valence-electron chi connectivity index (χ1n) is 6.84.